The largest absolute Gasteiger partial charge is 0.341 e. The van der Waals surface area contributed by atoms with E-state index in [2.05, 4.69) is 11.9 Å². The van der Waals surface area contributed by atoms with Crippen LogP contribution in [0.15, 0.2) is 11.1 Å². The van der Waals surface area contributed by atoms with E-state index in [1.807, 2.05) is 16.7 Å². The van der Waals surface area contributed by atoms with Gasteiger partial charge in [0, 0.05) is 26.2 Å². The lowest BCUT2D eigenvalue weighted by atomic mass is 9.99. The zero-order chi connectivity index (χ0) is 19.8. The second-order valence-electron chi connectivity index (χ2n) is 7.98. The van der Waals surface area contributed by atoms with Crippen molar-refractivity contribution in [2.45, 2.75) is 46.1 Å². The fraction of sp³-hybridized carbons (Fsp3) is 0.600. The van der Waals surface area contributed by atoms with Crippen LogP contribution in [0.4, 0.5) is 0 Å². The molecule has 4 rings (SSSR count). The molecule has 0 bridgehead atoms. The molecule has 0 aliphatic carbocycles. The highest BCUT2D eigenvalue weighted by Gasteiger charge is 2.26. The van der Waals surface area contributed by atoms with E-state index in [0.29, 0.717) is 26.6 Å². The van der Waals surface area contributed by atoms with Crippen molar-refractivity contribution in [2.24, 2.45) is 5.92 Å². The Hall–Kier alpha value is -2.22. The summed E-state index contributed by atoms with van der Waals surface area (Å²) in [7, 11) is 0. The lowest BCUT2D eigenvalue weighted by Crippen LogP contribution is -2.41. The molecule has 2 aliphatic heterocycles. The smallest absolute Gasteiger partial charge is 0.264 e. The number of amides is 2. The van der Waals surface area contributed by atoms with Crippen LogP contribution < -0.4 is 5.56 Å². The second-order valence-corrected chi connectivity index (χ2v) is 8.98. The topological polar surface area (TPSA) is 75.5 Å². The minimum Gasteiger partial charge on any atom is -0.341 e. The molecule has 2 aromatic heterocycles. The van der Waals surface area contributed by atoms with Crippen LogP contribution in [0.3, 0.4) is 0 Å². The summed E-state index contributed by atoms with van der Waals surface area (Å²) in [6.45, 7) is 7.04. The molecule has 0 unspecified atom stereocenters. The molecule has 0 atom stereocenters. The maximum Gasteiger partial charge on any atom is 0.264 e. The van der Waals surface area contributed by atoms with Gasteiger partial charge in [-0.2, -0.15) is 0 Å². The summed E-state index contributed by atoms with van der Waals surface area (Å²) in [6, 6.07) is 0. The van der Waals surface area contributed by atoms with Crippen molar-refractivity contribution in [1.82, 2.24) is 19.4 Å². The number of aromatic nitrogens is 2. The first kappa shape index (κ1) is 19.1. The molecule has 0 saturated carbocycles. The molecule has 0 radical (unpaired) electrons. The van der Waals surface area contributed by atoms with Crippen LogP contribution in [-0.2, 0) is 11.3 Å². The SMILES string of the molecule is Cc1c(C(=O)N2CCCC2)sc2ncn(CC(=O)N3CCC(C)CC3)c(=O)c12. The van der Waals surface area contributed by atoms with Gasteiger partial charge in [-0.1, -0.05) is 6.92 Å². The van der Waals surface area contributed by atoms with E-state index in [1.54, 1.807) is 0 Å². The quantitative estimate of drug-likeness (QED) is 0.789. The summed E-state index contributed by atoms with van der Waals surface area (Å²) in [6.07, 6.45) is 5.50. The Morgan fingerprint density at radius 3 is 2.50 bits per heavy atom. The lowest BCUT2D eigenvalue weighted by Gasteiger charge is -2.30. The number of piperidine rings is 1. The molecule has 2 aliphatic rings. The zero-order valence-corrected chi connectivity index (χ0v) is 17.3. The number of carbonyl (C=O) groups is 2. The van der Waals surface area contributed by atoms with Gasteiger partial charge in [0.15, 0.2) is 0 Å². The fourth-order valence-corrected chi connectivity index (χ4v) is 5.15. The van der Waals surface area contributed by atoms with Crippen LogP contribution in [0, 0.1) is 12.8 Å². The molecule has 150 valence electrons. The van der Waals surface area contributed by atoms with Gasteiger partial charge in [-0.05, 0) is 44.1 Å². The Morgan fingerprint density at radius 1 is 1.14 bits per heavy atom. The third-order valence-electron chi connectivity index (χ3n) is 5.95. The highest BCUT2D eigenvalue weighted by molar-refractivity contribution is 7.20. The number of nitrogens with zero attached hydrogens (tertiary/aromatic N) is 4. The summed E-state index contributed by atoms with van der Waals surface area (Å²) < 4.78 is 1.38. The van der Waals surface area contributed by atoms with Crippen LogP contribution in [-0.4, -0.2) is 57.3 Å². The Bertz CT molecular complexity index is 966. The van der Waals surface area contributed by atoms with E-state index in [0.717, 1.165) is 51.9 Å². The van der Waals surface area contributed by atoms with Gasteiger partial charge in [0.05, 0.1) is 16.6 Å². The monoisotopic (exact) mass is 402 g/mol. The summed E-state index contributed by atoms with van der Waals surface area (Å²) in [5, 5.41) is 0.468. The van der Waals surface area contributed by atoms with Gasteiger partial charge < -0.3 is 9.80 Å². The predicted octanol–water partition coefficient (Wildman–Crippen LogP) is 2.26. The summed E-state index contributed by atoms with van der Waals surface area (Å²) in [5.41, 5.74) is 0.445. The van der Waals surface area contributed by atoms with Gasteiger partial charge >= 0.3 is 0 Å². The first-order chi connectivity index (χ1) is 13.5. The Labute approximate surface area is 168 Å². The number of aryl methyl sites for hydroxylation is 1. The lowest BCUT2D eigenvalue weighted by molar-refractivity contribution is -0.133. The van der Waals surface area contributed by atoms with E-state index in [4.69, 9.17) is 0 Å². The fourth-order valence-electron chi connectivity index (χ4n) is 4.04. The Kier molecular flexibility index (Phi) is 5.23. The summed E-state index contributed by atoms with van der Waals surface area (Å²) in [4.78, 5) is 47.6. The van der Waals surface area contributed by atoms with Crippen molar-refractivity contribution in [3.63, 3.8) is 0 Å². The maximum atomic E-state index is 13.0. The molecule has 2 fully saturated rings. The van der Waals surface area contributed by atoms with E-state index >= 15 is 0 Å². The minimum absolute atomic E-state index is 0.000839. The molecule has 0 N–H and O–H groups in total. The molecule has 0 aromatic carbocycles. The van der Waals surface area contributed by atoms with E-state index < -0.39 is 0 Å². The van der Waals surface area contributed by atoms with Crippen LogP contribution >= 0.6 is 11.3 Å². The van der Waals surface area contributed by atoms with Gasteiger partial charge in [-0.3, -0.25) is 19.0 Å². The van der Waals surface area contributed by atoms with Crippen LogP contribution in [0.1, 0.15) is 47.8 Å². The molecule has 4 heterocycles. The summed E-state index contributed by atoms with van der Waals surface area (Å²) in [5.74, 6) is 0.587. The third kappa shape index (κ3) is 3.45. The molecular weight excluding hydrogens is 376 g/mol. The van der Waals surface area contributed by atoms with Crippen LogP contribution in [0.5, 0.6) is 0 Å². The van der Waals surface area contributed by atoms with Gasteiger partial charge in [0.1, 0.15) is 11.4 Å². The molecule has 0 spiro atoms. The van der Waals surface area contributed by atoms with E-state index in [-0.39, 0.29) is 23.9 Å². The molecule has 2 saturated heterocycles. The van der Waals surface area contributed by atoms with E-state index in [1.165, 1.54) is 22.2 Å². The van der Waals surface area contributed by atoms with E-state index in [9.17, 15) is 14.4 Å². The normalized spacial score (nSPS) is 18.2. The zero-order valence-electron chi connectivity index (χ0n) is 16.4. The molecule has 7 nitrogen and oxygen atoms in total. The average molecular weight is 403 g/mol. The van der Waals surface area contributed by atoms with Crippen molar-refractivity contribution in [3.05, 3.63) is 27.1 Å². The van der Waals surface area contributed by atoms with Gasteiger partial charge in [0.25, 0.3) is 11.5 Å². The minimum atomic E-state index is -0.238. The number of hydrogen-bond donors (Lipinski definition) is 0. The van der Waals surface area contributed by atoms with Crippen molar-refractivity contribution in [2.75, 3.05) is 26.2 Å². The highest BCUT2D eigenvalue weighted by Crippen LogP contribution is 2.29. The molecule has 2 aromatic rings. The molecule has 28 heavy (non-hydrogen) atoms. The highest BCUT2D eigenvalue weighted by atomic mass is 32.1. The number of likely N-dealkylation sites (tertiary alicyclic amines) is 2. The Balaban J connectivity index is 1.60. The third-order valence-corrected chi connectivity index (χ3v) is 7.13. The number of hydrogen-bond acceptors (Lipinski definition) is 5. The number of rotatable bonds is 3. The van der Waals surface area contributed by atoms with Gasteiger partial charge in [0.2, 0.25) is 5.91 Å². The van der Waals surface area contributed by atoms with Crippen molar-refractivity contribution < 1.29 is 9.59 Å². The van der Waals surface area contributed by atoms with Crippen molar-refractivity contribution >= 4 is 33.4 Å². The second kappa shape index (κ2) is 7.66. The average Bonchev–Trinajstić information content (AvgIpc) is 3.33. The number of thiophene rings is 1. The van der Waals surface area contributed by atoms with Gasteiger partial charge in [-0.15, -0.1) is 11.3 Å². The predicted molar refractivity (Wildman–Crippen MR) is 109 cm³/mol. The summed E-state index contributed by atoms with van der Waals surface area (Å²) >= 11 is 1.28. The van der Waals surface area contributed by atoms with Gasteiger partial charge in [-0.25, -0.2) is 4.98 Å². The van der Waals surface area contributed by atoms with Crippen molar-refractivity contribution in [3.8, 4) is 0 Å². The standard InChI is InChI=1S/C20H26N4O3S/c1-13-5-9-22(10-6-13)15(25)11-24-12-21-18-16(19(24)26)14(2)17(28-18)20(27)23-7-3-4-8-23/h12-13H,3-11H2,1-2H3. The van der Waals surface area contributed by atoms with Crippen LogP contribution in [0.2, 0.25) is 0 Å². The first-order valence-electron chi connectivity index (χ1n) is 10.0. The van der Waals surface area contributed by atoms with Crippen LogP contribution in [0.25, 0.3) is 10.2 Å². The van der Waals surface area contributed by atoms with Crippen molar-refractivity contribution in [1.29, 1.82) is 0 Å². The molecular formula is C20H26N4O3S. The molecule has 8 heteroatoms. The number of fused-ring (bicyclic) bond motifs is 1. The first-order valence-corrected chi connectivity index (χ1v) is 10.8. The molecule has 2 amide bonds. The number of carbonyl (C=O) groups excluding carboxylic acids is 2. The maximum absolute atomic E-state index is 13.0. The Morgan fingerprint density at radius 2 is 1.82 bits per heavy atom.